The molecule has 0 amide bonds. The Balaban J connectivity index is 2.75. The summed E-state index contributed by atoms with van der Waals surface area (Å²) in [5.74, 6) is 0.0723. The number of rotatable bonds is 5. The van der Waals surface area contributed by atoms with Crippen LogP contribution < -0.4 is 4.74 Å². The molecule has 1 aromatic carbocycles. The maximum atomic E-state index is 10.9. The Labute approximate surface area is 94.8 Å². The van der Waals surface area contributed by atoms with Crippen LogP contribution in [0.4, 0.5) is 0 Å². The summed E-state index contributed by atoms with van der Waals surface area (Å²) in [5, 5.41) is 9.74. The van der Waals surface area contributed by atoms with Crippen LogP contribution >= 0.6 is 0 Å². The number of methoxy groups -OCH3 is 1. The Morgan fingerprint density at radius 1 is 1.44 bits per heavy atom. The molecule has 0 bridgehead atoms. The molecule has 1 rings (SSSR count). The molecule has 0 aliphatic rings. The van der Waals surface area contributed by atoms with E-state index in [0.717, 1.165) is 0 Å². The van der Waals surface area contributed by atoms with Crippen molar-refractivity contribution in [3.63, 3.8) is 0 Å². The van der Waals surface area contributed by atoms with E-state index in [1.54, 1.807) is 18.2 Å². The van der Waals surface area contributed by atoms with Crippen LogP contribution in [-0.4, -0.2) is 24.8 Å². The summed E-state index contributed by atoms with van der Waals surface area (Å²) in [6.07, 6.45) is 0.0207. The van der Waals surface area contributed by atoms with E-state index in [2.05, 4.69) is 4.74 Å². The third-order valence-corrected chi connectivity index (χ3v) is 2.24. The van der Waals surface area contributed by atoms with Gasteiger partial charge in [-0.25, -0.2) is 4.79 Å². The predicted molar refractivity (Wildman–Crippen MR) is 59.2 cm³/mol. The van der Waals surface area contributed by atoms with Crippen molar-refractivity contribution in [3.05, 3.63) is 29.8 Å². The van der Waals surface area contributed by atoms with Gasteiger partial charge in [0, 0.05) is 5.56 Å². The maximum Gasteiger partial charge on any atom is 0.343 e. The highest BCUT2D eigenvalue weighted by atomic mass is 16.6. The molecule has 4 nitrogen and oxygen atoms in total. The quantitative estimate of drug-likeness (QED) is 0.773. The van der Waals surface area contributed by atoms with E-state index in [4.69, 9.17) is 4.74 Å². The summed E-state index contributed by atoms with van der Waals surface area (Å²) >= 11 is 0. The van der Waals surface area contributed by atoms with E-state index in [1.165, 1.54) is 7.11 Å². The Hall–Kier alpha value is -1.55. The molecule has 1 unspecified atom stereocenters. The number of aliphatic hydroxyl groups is 1. The fraction of sp³-hybridized carbons (Fsp3) is 0.417. The Morgan fingerprint density at radius 2 is 2.12 bits per heavy atom. The molecule has 0 heterocycles. The highest BCUT2D eigenvalue weighted by Gasteiger charge is 2.12. The number of para-hydroxylation sites is 1. The molecule has 0 saturated carbocycles. The van der Waals surface area contributed by atoms with Crippen LogP contribution in [0.15, 0.2) is 24.3 Å². The van der Waals surface area contributed by atoms with Gasteiger partial charge in [0.2, 0.25) is 0 Å². The van der Waals surface area contributed by atoms with Crippen molar-refractivity contribution in [1.29, 1.82) is 0 Å². The first-order valence-corrected chi connectivity index (χ1v) is 5.15. The SMILES string of the molecule is CCC(O)c1ccccc1OCC(=O)OC. The molecule has 0 aromatic heterocycles. The molecular formula is C12H16O4. The molecule has 0 spiro atoms. The van der Waals surface area contributed by atoms with Gasteiger partial charge in [0.15, 0.2) is 6.61 Å². The monoisotopic (exact) mass is 224 g/mol. The standard InChI is InChI=1S/C12H16O4/c1-3-10(13)9-6-4-5-7-11(9)16-8-12(14)15-2/h4-7,10,13H,3,8H2,1-2H3. The lowest BCUT2D eigenvalue weighted by Gasteiger charge is -2.14. The number of ether oxygens (including phenoxy) is 2. The van der Waals surface area contributed by atoms with Gasteiger partial charge in [0.25, 0.3) is 0 Å². The van der Waals surface area contributed by atoms with Gasteiger partial charge in [-0.2, -0.15) is 0 Å². The van der Waals surface area contributed by atoms with E-state index >= 15 is 0 Å². The van der Waals surface area contributed by atoms with Crippen molar-refractivity contribution in [2.75, 3.05) is 13.7 Å². The number of hydrogen-bond acceptors (Lipinski definition) is 4. The molecule has 16 heavy (non-hydrogen) atoms. The van der Waals surface area contributed by atoms with Gasteiger partial charge >= 0.3 is 5.97 Å². The van der Waals surface area contributed by atoms with Gasteiger partial charge in [0.1, 0.15) is 5.75 Å². The van der Waals surface area contributed by atoms with Gasteiger partial charge in [0.05, 0.1) is 13.2 Å². The number of carbonyl (C=O) groups is 1. The summed E-state index contributed by atoms with van der Waals surface area (Å²) < 4.78 is 9.75. The van der Waals surface area contributed by atoms with E-state index in [-0.39, 0.29) is 6.61 Å². The topological polar surface area (TPSA) is 55.8 Å². The molecule has 4 heteroatoms. The third-order valence-electron chi connectivity index (χ3n) is 2.24. The molecule has 1 N–H and O–H groups in total. The minimum absolute atomic E-state index is 0.149. The Bertz CT molecular complexity index is 349. The van der Waals surface area contributed by atoms with Crippen LogP contribution in [0.1, 0.15) is 25.0 Å². The number of esters is 1. The zero-order valence-electron chi connectivity index (χ0n) is 9.47. The van der Waals surface area contributed by atoms with Crippen LogP contribution in [0.5, 0.6) is 5.75 Å². The van der Waals surface area contributed by atoms with Gasteiger partial charge in [-0.05, 0) is 12.5 Å². The van der Waals surface area contributed by atoms with E-state index < -0.39 is 12.1 Å². The highest BCUT2D eigenvalue weighted by Crippen LogP contribution is 2.26. The van der Waals surface area contributed by atoms with E-state index in [0.29, 0.717) is 17.7 Å². The summed E-state index contributed by atoms with van der Waals surface area (Å²) in [7, 11) is 1.30. The van der Waals surface area contributed by atoms with Crippen molar-refractivity contribution >= 4 is 5.97 Å². The minimum atomic E-state index is -0.575. The molecule has 0 radical (unpaired) electrons. The highest BCUT2D eigenvalue weighted by molar-refractivity contribution is 5.70. The molecule has 0 saturated heterocycles. The Kier molecular flexibility index (Phi) is 4.79. The minimum Gasteiger partial charge on any atom is -0.482 e. The van der Waals surface area contributed by atoms with Gasteiger partial charge in [-0.15, -0.1) is 0 Å². The second-order valence-electron chi connectivity index (χ2n) is 3.33. The molecule has 88 valence electrons. The lowest BCUT2D eigenvalue weighted by Crippen LogP contribution is -2.13. The lowest BCUT2D eigenvalue weighted by molar-refractivity contribution is -0.142. The number of carbonyl (C=O) groups excluding carboxylic acids is 1. The molecule has 0 aliphatic heterocycles. The number of aliphatic hydroxyl groups excluding tert-OH is 1. The molecule has 1 aromatic rings. The normalized spacial score (nSPS) is 11.9. The zero-order chi connectivity index (χ0) is 12.0. The van der Waals surface area contributed by atoms with Crippen LogP contribution in [0.3, 0.4) is 0 Å². The fourth-order valence-electron chi connectivity index (χ4n) is 1.30. The lowest BCUT2D eigenvalue weighted by atomic mass is 10.1. The van der Waals surface area contributed by atoms with Crippen molar-refractivity contribution < 1.29 is 19.4 Å². The Morgan fingerprint density at radius 3 is 2.75 bits per heavy atom. The van der Waals surface area contributed by atoms with Gasteiger partial charge in [-0.3, -0.25) is 0 Å². The van der Waals surface area contributed by atoms with Crippen LogP contribution in [0.2, 0.25) is 0 Å². The van der Waals surface area contributed by atoms with Crippen molar-refractivity contribution in [1.82, 2.24) is 0 Å². The third kappa shape index (κ3) is 3.24. The summed E-state index contributed by atoms with van der Waals surface area (Å²) in [6, 6.07) is 7.11. The van der Waals surface area contributed by atoms with Gasteiger partial charge < -0.3 is 14.6 Å². The van der Waals surface area contributed by atoms with E-state index in [9.17, 15) is 9.90 Å². The predicted octanol–water partition coefficient (Wildman–Crippen LogP) is 1.68. The average molecular weight is 224 g/mol. The fourth-order valence-corrected chi connectivity index (χ4v) is 1.30. The maximum absolute atomic E-state index is 10.9. The average Bonchev–Trinajstić information content (AvgIpc) is 2.35. The van der Waals surface area contributed by atoms with Crippen LogP contribution in [-0.2, 0) is 9.53 Å². The van der Waals surface area contributed by atoms with Crippen LogP contribution in [0.25, 0.3) is 0 Å². The molecule has 0 aliphatic carbocycles. The second kappa shape index (κ2) is 6.12. The number of hydrogen-bond donors (Lipinski definition) is 1. The number of benzene rings is 1. The van der Waals surface area contributed by atoms with Crippen molar-refractivity contribution in [2.24, 2.45) is 0 Å². The first-order chi connectivity index (χ1) is 7.69. The molecule has 1 atom stereocenters. The zero-order valence-corrected chi connectivity index (χ0v) is 9.47. The first-order valence-electron chi connectivity index (χ1n) is 5.15. The van der Waals surface area contributed by atoms with Gasteiger partial charge in [-0.1, -0.05) is 25.1 Å². The summed E-state index contributed by atoms with van der Waals surface area (Å²) in [5.41, 5.74) is 0.689. The largest absolute Gasteiger partial charge is 0.482 e. The van der Waals surface area contributed by atoms with E-state index in [1.807, 2.05) is 13.0 Å². The molecular weight excluding hydrogens is 208 g/mol. The van der Waals surface area contributed by atoms with Crippen molar-refractivity contribution in [3.8, 4) is 5.75 Å². The molecule has 0 fully saturated rings. The summed E-state index contributed by atoms with van der Waals surface area (Å²) in [4.78, 5) is 10.9. The summed E-state index contributed by atoms with van der Waals surface area (Å²) in [6.45, 7) is 1.73. The second-order valence-corrected chi connectivity index (χ2v) is 3.33. The van der Waals surface area contributed by atoms with Crippen molar-refractivity contribution in [2.45, 2.75) is 19.4 Å². The first kappa shape index (κ1) is 12.5. The van der Waals surface area contributed by atoms with Crippen LogP contribution in [0, 0.1) is 0 Å². The smallest absolute Gasteiger partial charge is 0.343 e.